The zero-order chi connectivity index (χ0) is 12.3. The summed E-state index contributed by atoms with van der Waals surface area (Å²) in [5.74, 6) is 0.540. The van der Waals surface area contributed by atoms with Crippen molar-refractivity contribution in [3.05, 3.63) is 24.3 Å². The van der Waals surface area contributed by atoms with Crippen molar-refractivity contribution in [3.63, 3.8) is 0 Å². The van der Waals surface area contributed by atoms with Crippen LogP contribution in [0.3, 0.4) is 0 Å². The summed E-state index contributed by atoms with van der Waals surface area (Å²) in [4.78, 5) is 11.9. The lowest BCUT2D eigenvalue weighted by Crippen LogP contribution is -2.40. The molecule has 0 aromatic heterocycles. The minimum Gasteiger partial charge on any atom is -0.497 e. The van der Waals surface area contributed by atoms with Gasteiger partial charge in [-0.05, 0) is 43.5 Å². The van der Waals surface area contributed by atoms with Crippen molar-refractivity contribution in [2.24, 2.45) is 5.41 Å². The van der Waals surface area contributed by atoms with E-state index in [2.05, 4.69) is 11.4 Å². The SMILES string of the molecule is COc1ccc(NC(=O)C2(C#N)CCC2)cc1. The van der Waals surface area contributed by atoms with Gasteiger partial charge in [-0.1, -0.05) is 0 Å². The van der Waals surface area contributed by atoms with Crippen LogP contribution in [-0.2, 0) is 4.79 Å². The maximum atomic E-state index is 11.9. The Morgan fingerprint density at radius 1 is 1.41 bits per heavy atom. The fraction of sp³-hybridized carbons (Fsp3) is 0.385. The topological polar surface area (TPSA) is 62.1 Å². The molecule has 0 aliphatic heterocycles. The maximum Gasteiger partial charge on any atom is 0.244 e. The number of carbonyl (C=O) groups is 1. The molecule has 0 heterocycles. The highest BCUT2D eigenvalue weighted by Gasteiger charge is 2.44. The first-order chi connectivity index (χ1) is 8.20. The zero-order valence-electron chi connectivity index (χ0n) is 9.69. The summed E-state index contributed by atoms with van der Waals surface area (Å²) < 4.78 is 5.03. The summed E-state index contributed by atoms with van der Waals surface area (Å²) in [5, 5.41) is 11.8. The number of ether oxygens (including phenoxy) is 1. The van der Waals surface area contributed by atoms with Gasteiger partial charge in [0.05, 0.1) is 13.2 Å². The molecule has 1 aliphatic carbocycles. The van der Waals surface area contributed by atoms with Crippen molar-refractivity contribution in [2.45, 2.75) is 19.3 Å². The number of methoxy groups -OCH3 is 1. The number of hydrogen-bond donors (Lipinski definition) is 1. The van der Waals surface area contributed by atoms with E-state index in [1.54, 1.807) is 31.4 Å². The number of benzene rings is 1. The van der Waals surface area contributed by atoms with E-state index in [1.807, 2.05) is 0 Å². The first-order valence-electron chi connectivity index (χ1n) is 5.57. The molecule has 0 atom stereocenters. The van der Waals surface area contributed by atoms with Gasteiger partial charge < -0.3 is 10.1 Å². The summed E-state index contributed by atoms with van der Waals surface area (Å²) in [6.07, 6.45) is 2.26. The van der Waals surface area contributed by atoms with Gasteiger partial charge in [0.2, 0.25) is 5.91 Å². The molecule has 0 bridgehead atoms. The Bertz CT molecular complexity index is 455. The minimum absolute atomic E-state index is 0.198. The van der Waals surface area contributed by atoms with Crippen LogP contribution < -0.4 is 10.1 Å². The number of nitrogens with one attached hydrogen (secondary N) is 1. The second kappa shape index (κ2) is 4.46. The number of rotatable bonds is 3. The van der Waals surface area contributed by atoms with Crippen LogP contribution in [0.2, 0.25) is 0 Å². The minimum atomic E-state index is -0.806. The lowest BCUT2D eigenvalue weighted by Gasteiger charge is -2.33. The quantitative estimate of drug-likeness (QED) is 0.866. The molecule has 1 fully saturated rings. The summed E-state index contributed by atoms with van der Waals surface area (Å²) in [6.45, 7) is 0. The number of carbonyl (C=O) groups excluding carboxylic acids is 1. The van der Waals surface area contributed by atoms with E-state index >= 15 is 0 Å². The summed E-state index contributed by atoms with van der Waals surface area (Å²) in [7, 11) is 1.59. The normalized spacial score (nSPS) is 16.5. The smallest absolute Gasteiger partial charge is 0.244 e. The molecule has 0 radical (unpaired) electrons. The van der Waals surface area contributed by atoms with Gasteiger partial charge in [0.1, 0.15) is 11.2 Å². The van der Waals surface area contributed by atoms with Gasteiger partial charge in [0.15, 0.2) is 0 Å². The van der Waals surface area contributed by atoms with Crippen LogP contribution in [0.5, 0.6) is 5.75 Å². The predicted octanol–water partition coefficient (Wildman–Crippen LogP) is 2.33. The molecular formula is C13H14N2O2. The van der Waals surface area contributed by atoms with Gasteiger partial charge >= 0.3 is 0 Å². The molecular weight excluding hydrogens is 216 g/mol. The number of amides is 1. The Balaban J connectivity index is 2.05. The molecule has 88 valence electrons. The molecule has 17 heavy (non-hydrogen) atoms. The van der Waals surface area contributed by atoms with Crippen molar-refractivity contribution in [2.75, 3.05) is 12.4 Å². The highest BCUT2D eigenvalue weighted by Crippen LogP contribution is 2.41. The van der Waals surface area contributed by atoms with E-state index in [1.165, 1.54) is 0 Å². The molecule has 0 spiro atoms. The first-order valence-corrected chi connectivity index (χ1v) is 5.57. The van der Waals surface area contributed by atoms with Crippen LogP contribution in [0.15, 0.2) is 24.3 Å². The summed E-state index contributed by atoms with van der Waals surface area (Å²) in [5.41, 5.74) is -0.114. The Labute approximate surface area is 100 Å². The number of hydrogen-bond acceptors (Lipinski definition) is 3. The molecule has 2 rings (SSSR count). The van der Waals surface area contributed by atoms with Crippen molar-refractivity contribution in [1.82, 2.24) is 0 Å². The van der Waals surface area contributed by atoms with Gasteiger partial charge in [-0.25, -0.2) is 0 Å². The standard InChI is InChI=1S/C13H14N2O2/c1-17-11-5-3-10(4-6-11)15-12(16)13(9-14)7-2-8-13/h3-6H,2,7-8H2,1H3,(H,15,16). The van der Waals surface area contributed by atoms with Crippen LogP contribution >= 0.6 is 0 Å². The van der Waals surface area contributed by atoms with Crippen LogP contribution in [0, 0.1) is 16.7 Å². The predicted molar refractivity (Wildman–Crippen MR) is 63.5 cm³/mol. The van der Waals surface area contributed by atoms with E-state index in [4.69, 9.17) is 10.00 Å². The lowest BCUT2D eigenvalue weighted by atomic mass is 9.69. The molecule has 1 amide bonds. The van der Waals surface area contributed by atoms with Crippen molar-refractivity contribution in [3.8, 4) is 11.8 Å². The second-order valence-electron chi connectivity index (χ2n) is 4.23. The summed E-state index contributed by atoms with van der Waals surface area (Å²) >= 11 is 0. The number of nitriles is 1. The number of nitrogens with zero attached hydrogens (tertiary/aromatic N) is 1. The Morgan fingerprint density at radius 2 is 2.06 bits per heavy atom. The van der Waals surface area contributed by atoms with Gasteiger partial charge in [0.25, 0.3) is 0 Å². The zero-order valence-corrected chi connectivity index (χ0v) is 9.69. The van der Waals surface area contributed by atoms with Gasteiger partial charge in [-0.15, -0.1) is 0 Å². The van der Waals surface area contributed by atoms with Gasteiger partial charge in [-0.3, -0.25) is 4.79 Å². The van der Waals surface area contributed by atoms with Gasteiger partial charge in [0, 0.05) is 5.69 Å². The van der Waals surface area contributed by atoms with E-state index < -0.39 is 5.41 Å². The van der Waals surface area contributed by atoms with Crippen LogP contribution in [0.1, 0.15) is 19.3 Å². The molecule has 1 aromatic rings. The number of anilines is 1. The second-order valence-corrected chi connectivity index (χ2v) is 4.23. The van der Waals surface area contributed by atoms with Crippen molar-refractivity contribution >= 4 is 11.6 Å². The first kappa shape index (κ1) is 11.5. The summed E-state index contributed by atoms with van der Waals surface area (Å²) in [6, 6.07) is 9.20. The Morgan fingerprint density at radius 3 is 2.47 bits per heavy atom. The van der Waals surface area contributed by atoms with E-state index in [-0.39, 0.29) is 5.91 Å². The van der Waals surface area contributed by atoms with E-state index in [0.717, 1.165) is 12.2 Å². The molecule has 0 unspecified atom stereocenters. The third-order valence-corrected chi connectivity index (χ3v) is 3.20. The lowest BCUT2D eigenvalue weighted by molar-refractivity contribution is -0.126. The molecule has 4 nitrogen and oxygen atoms in total. The van der Waals surface area contributed by atoms with Crippen LogP contribution in [0.25, 0.3) is 0 Å². The molecule has 0 saturated heterocycles. The van der Waals surface area contributed by atoms with Crippen molar-refractivity contribution < 1.29 is 9.53 Å². The molecule has 4 heteroatoms. The Hall–Kier alpha value is -2.02. The molecule has 1 aromatic carbocycles. The third kappa shape index (κ3) is 2.09. The fourth-order valence-corrected chi connectivity index (χ4v) is 1.85. The van der Waals surface area contributed by atoms with Crippen molar-refractivity contribution in [1.29, 1.82) is 5.26 Å². The Kier molecular flexibility index (Phi) is 3.01. The van der Waals surface area contributed by atoms with E-state index in [0.29, 0.717) is 18.5 Å². The average molecular weight is 230 g/mol. The highest BCUT2D eigenvalue weighted by atomic mass is 16.5. The molecule has 1 saturated carbocycles. The average Bonchev–Trinajstić information content (AvgIpc) is 2.29. The highest BCUT2D eigenvalue weighted by molar-refractivity contribution is 5.97. The fourth-order valence-electron chi connectivity index (χ4n) is 1.85. The third-order valence-electron chi connectivity index (χ3n) is 3.20. The largest absolute Gasteiger partial charge is 0.497 e. The van der Waals surface area contributed by atoms with Gasteiger partial charge in [-0.2, -0.15) is 5.26 Å². The van der Waals surface area contributed by atoms with Crippen LogP contribution in [-0.4, -0.2) is 13.0 Å². The van der Waals surface area contributed by atoms with E-state index in [9.17, 15) is 4.79 Å². The molecule has 1 N–H and O–H groups in total. The maximum absolute atomic E-state index is 11.9. The monoisotopic (exact) mass is 230 g/mol. The molecule has 1 aliphatic rings. The van der Waals surface area contributed by atoms with Crippen LogP contribution in [0.4, 0.5) is 5.69 Å².